The Kier molecular flexibility index (Phi) is 4.93. The van der Waals surface area contributed by atoms with Crippen LogP contribution in [0.5, 0.6) is 5.75 Å². The third kappa shape index (κ3) is 4.38. The van der Waals surface area contributed by atoms with Gasteiger partial charge in [-0.3, -0.25) is 4.98 Å². The molecule has 0 aliphatic carbocycles. The molecule has 0 fully saturated rings. The maximum Gasteiger partial charge on any atom is 0.119 e. The van der Waals surface area contributed by atoms with Crippen LogP contribution in [-0.2, 0) is 6.54 Å². The minimum atomic E-state index is 0.669. The van der Waals surface area contributed by atoms with Gasteiger partial charge in [0.1, 0.15) is 12.4 Å². The van der Waals surface area contributed by atoms with Crippen molar-refractivity contribution in [3.63, 3.8) is 0 Å². The average molecular weight is 256 g/mol. The van der Waals surface area contributed by atoms with Crippen molar-refractivity contribution < 1.29 is 4.74 Å². The monoisotopic (exact) mass is 256 g/mol. The van der Waals surface area contributed by atoms with Crippen LogP contribution in [0.1, 0.15) is 16.7 Å². The normalized spacial score (nSPS) is 10.4. The number of aryl methyl sites for hydroxylation is 2. The molecule has 3 nitrogen and oxygen atoms in total. The number of hydrogen-bond donors (Lipinski definition) is 1. The Balaban J connectivity index is 1.69. The van der Waals surface area contributed by atoms with Gasteiger partial charge in [0.15, 0.2) is 0 Å². The summed E-state index contributed by atoms with van der Waals surface area (Å²) in [6.45, 7) is 6.49. The third-order valence-corrected chi connectivity index (χ3v) is 3.00. The summed E-state index contributed by atoms with van der Waals surface area (Å²) in [6.07, 6.45) is 3.73. The van der Waals surface area contributed by atoms with Gasteiger partial charge >= 0.3 is 0 Å². The van der Waals surface area contributed by atoms with Crippen molar-refractivity contribution in [3.05, 3.63) is 59.4 Å². The number of benzene rings is 1. The minimum Gasteiger partial charge on any atom is -0.492 e. The number of nitrogens with zero attached hydrogens (tertiary/aromatic N) is 1. The highest BCUT2D eigenvalue weighted by Gasteiger charge is 1.97. The Bertz CT molecular complexity index is 526. The summed E-state index contributed by atoms with van der Waals surface area (Å²) in [5, 5.41) is 3.36. The molecule has 1 N–H and O–H groups in total. The van der Waals surface area contributed by atoms with Crippen LogP contribution in [0.2, 0.25) is 0 Å². The van der Waals surface area contributed by atoms with Gasteiger partial charge in [0, 0.05) is 25.5 Å². The maximum absolute atomic E-state index is 5.68. The van der Waals surface area contributed by atoms with Gasteiger partial charge in [0.05, 0.1) is 0 Å². The van der Waals surface area contributed by atoms with Crippen LogP contribution in [0.3, 0.4) is 0 Å². The topological polar surface area (TPSA) is 34.1 Å². The van der Waals surface area contributed by atoms with Crippen molar-refractivity contribution in [3.8, 4) is 5.75 Å². The van der Waals surface area contributed by atoms with Crippen LogP contribution < -0.4 is 10.1 Å². The smallest absolute Gasteiger partial charge is 0.119 e. The summed E-state index contributed by atoms with van der Waals surface area (Å²) in [4.78, 5) is 4.13. The van der Waals surface area contributed by atoms with E-state index in [4.69, 9.17) is 4.74 Å². The zero-order valence-corrected chi connectivity index (χ0v) is 11.5. The number of aromatic nitrogens is 1. The Morgan fingerprint density at radius 3 is 2.89 bits per heavy atom. The van der Waals surface area contributed by atoms with Gasteiger partial charge < -0.3 is 10.1 Å². The number of rotatable bonds is 6. The lowest BCUT2D eigenvalue weighted by Crippen LogP contribution is -2.21. The van der Waals surface area contributed by atoms with Crippen LogP contribution in [0.4, 0.5) is 0 Å². The summed E-state index contributed by atoms with van der Waals surface area (Å²) in [7, 11) is 0. The fourth-order valence-corrected chi connectivity index (χ4v) is 1.85. The lowest BCUT2D eigenvalue weighted by molar-refractivity contribution is 0.313. The van der Waals surface area contributed by atoms with Crippen molar-refractivity contribution in [2.24, 2.45) is 0 Å². The molecule has 3 heteroatoms. The predicted molar refractivity (Wildman–Crippen MR) is 77.4 cm³/mol. The van der Waals surface area contributed by atoms with E-state index in [1.807, 2.05) is 36.7 Å². The van der Waals surface area contributed by atoms with Gasteiger partial charge in [-0.15, -0.1) is 0 Å². The highest BCUT2D eigenvalue weighted by Crippen LogP contribution is 2.11. The molecule has 0 unspecified atom stereocenters. The van der Waals surface area contributed by atoms with Crippen LogP contribution >= 0.6 is 0 Å². The standard InChI is InChI=1S/C16H20N2O/c1-13-4-3-5-16(10-13)19-9-8-18-12-15-11-17-7-6-14(15)2/h3-7,10-11,18H,8-9,12H2,1-2H3. The molecule has 0 radical (unpaired) electrons. The van der Waals surface area contributed by atoms with E-state index >= 15 is 0 Å². The van der Waals surface area contributed by atoms with E-state index in [0.29, 0.717) is 6.61 Å². The SMILES string of the molecule is Cc1cccc(OCCNCc2cnccc2C)c1. The van der Waals surface area contributed by atoms with Gasteiger partial charge in [-0.25, -0.2) is 0 Å². The zero-order chi connectivity index (χ0) is 13.5. The largest absolute Gasteiger partial charge is 0.492 e. The molecule has 0 atom stereocenters. The van der Waals surface area contributed by atoms with Crippen molar-refractivity contribution in [1.29, 1.82) is 0 Å². The van der Waals surface area contributed by atoms with E-state index < -0.39 is 0 Å². The quantitative estimate of drug-likeness (QED) is 0.807. The molecule has 100 valence electrons. The Morgan fingerprint density at radius 2 is 2.11 bits per heavy atom. The molecule has 1 heterocycles. The van der Waals surface area contributed by atoms with Gasteiger partial charge in [-0.1, -0.05) is 12.1 Å². The maximum atomic E-state index is 5.68. The number of hydrogen-bond acceptors (Lipinski definition) is 3. The molecular formula is C16H20N2O. The Labute approximate surface area is 114 Å². The first kappa shape index (κ1) is 13.6. The predicted octanol–water partition coefficient (Wildman–Crippen LogP) is 2.87. The Morgan fingerprint density at radius 1 is 1.21 bits per heavy atom. The lowest BCUT2D eigenvalue weighted by Gasteiger charge is -2.09. The molecule has 0 aliphatic heterocycles. The van der Waals surface area contributed by atoms with Gasteiger partial charge in [0.2, 0.25) is 0 Å². The van der Waals surface area contributed by atoms with E-state index in [1.54, 1.807) is 0 Å². The molecule has 2 aromatic rings. The summed E-state index contributed by atoms with van der Waals surface area (Å²) >= 11 is 0. The van der Waals surface area contributed by atoms with Crippen LogP contribution in [0, 0.1) is 13.8 Å². The van der Waals surface area contributed by atoms with Gasteiger partial charge in [-0.2, -0.15) is 0 Å². The summed E-state index contributed by atoms with van der Waals surface area (Å²) < 4.78 is 5.68. The zero-order valence-electron chi connectivity index (χ0n) is 11.5. The van der Waals surface area contributed by atoms with Crippen LogP contribution in [0.15, 0.2) is 42.7 Å². The van der Waals surface area contributed by atoms with Crippen LogP contribution in [-0.4, -0.2) is 18.1 Å². The second-order valence-corrected chi connectivity index (χ2v) is 4.64. The molecule has 0 spiro atoms. The molecule has 0 aliphatic rings. The molecular weight excluding hydrogens is 236 g/mol. The van der Waals surface area contributed by atoms with E-state index in [9.17, 15) is 0 Å². The first-order chi connectivity index (χ1) is 9.25. The van der Waals surface area contributed by atoms with Gasteiger partial charge in [0.25, 0.3) is 0 Å². The second-order valence-electron chi connectivity index (χ2n) is 4.64. The van der Waals surface area contributed by atoms with E-state index in [2.05, 4.69) is 30.2 Å². The van der Waals surface area contributed by atoms with E-state index in [0.717, 1.165) is 18.8 Å². The first-order valence-corrected chi connectivity index (χ1v) is 6.55. The summed E-state index contributed by atoms with van der Waals surface area (Å²) in [5.41, 5.74) is 3.72. The van der Waals surface area contributed by atoms with Crippen molar-refractivity contribution in [2.45, 2.75) is 20.4 Å². The average Bonchev–Trinajstić information content (AvgIpc) is 2.40. The number of ether oxygens (including phenoxy) is 1. The summed E-state index contributed by atoms with van der Waals surface area (Å²) in [6, 6.07) is 10.1. The van der Waals surface area contributed by atoms with Crippen molar-refractivity contribution in [2.75, 3.05) is 13.2 Å². The van der Waals surface area contributed by atoms with Crippen molar-refractivity contribution >= 4 is 0 Å². The molecule has 19 heavy (non-hydrogen) atoms. The Hall–Kier alpha value is -1.87. The molecule has 0 saturated heterocycles. The molecule has 2 rings (SSSR count). The second kappa shape index (κ2) is 6.90. The highest BCUT2D eigenvalue weighted by atomic mass is 16.5. The number of nitrogens with one attached hydrogen (secondary N) is 1. The fourth-order valence-electron chi connectivity index (χ4n) is 1.85. The van der Waals surface area contributed by atoms with E-state index in [-0.39, 0.29) is 0 Å². The van der Waals surface area contributed by atoms with Crippen LogP contribution in [0.25, 0.3) is 0 Å². The molecule has 0 bridgehead atoms. The summed E-state index contributed by atoms with van der Waals surface area (Å²) in [5.74, 6) is 0.930. The molecule has 1 aromatic carbocycles. The highest BCUT2D eigenvalue weighted by molar-refractivity contribution is 5.27. The third-order valence-electron chi connectivity index (χ3n) is 3.00. The fraction of sp³-hybridized carbons (Fsp3) is 0.312. The van der Waals surface area contributed by atoms with Gasteiger partial charge in [-0.05, 0) is 48.7 Å². The lowest BCUT2D eigenvalue weighted by atomic mass is 10.2. The molecule has 0 saturated carbocycles. The van der Waals surface area contributed by atoms with E-state index in [1.165, 1.54) is 16.7 Å². The first-order valence-electron chi connectivity index (χ1n) is 6.55. The number of pyridine rings is 1. The minimum absolute atomic E-state index is 0.669. The molecule has 0 amide bonds. The molecule has 1 aromatic heterocycles. The van der Waals surface area contributed by atoms with Crippen molar-refractivity contribution in [1.82, 2.24) is 10.3 Å².